The molecule has 0 saturated carbocycles. The molecule has 2 heteroatoms. The molecule has 0 saturated heterocycles. The highest BCUT2D eigenvalue weighted by atomic mass is 15.2. The van der Waals surface area contributed by atoms with E-state index in [0.29, 0.717) is 0 Å². The molecule has 1 aliphatic heterocycles. The Balaban J connectivity index is 1.60. The van der Waals surface area contributed by atoms with E-state index in [1.54, 1.807) is 11.1 Å². The molecular formula is C21H18N2. The van der Waals surface area contributed by atoms with Gasteiger partial charge in [0, 0.05) is 18.4 Å². The molecule has 0 radical (unpaired) electrons. The average molecular weight is 298 g/mol. The van der Waals surface area contributed by atoms with Gasteiger partial charge >= 0.3 is 0 Å². The smallest absolute Gasteiger partial charge is 0.0597 e. The Morgan fingerprint density at radius 1 is 0.783 bits per heavy atom. The van der Waals surface area contributed by atoms with Crippen molar-refractivity contribution in [3.05, 3.63) is 88.7 Å². The van der Waals surface area contributed by atoms with Crippen LogP contribution < -0.4 is 4.90 Å². The molecule has 1 aromatic heterocycles. The lowest BCUT2D eigenvalue weighted by molar-refractivity contribution is 0.955. The van der Waals surface area contributed by atoms with Gasteiger partial charge in [0.25, 0.3) is 0 Å². The van der Waals surface area contributed by atoms with Crippen LogP contribution in [0.3, 0.4) is 0 Å². The van der Waals surface area contributed by atoms with Gasteiger partial charge in [-0.2, -0.15) is 0 Å². The van der Waals surface area contributed by atoms with E-state index in [1.165, 1.54) is 28.1 Å². The number of rotatable bonds is 1. The van der Waals surface area contributed by atoms with Crippen molar-refractivity contribution in [1.29, 1.82) is 0 Å². The second-order valence-electron chi connectivity index (χ2n) is 6.44. The Morgan fingerprint density at radius 3 is 2.48 bits per heavy atom. The minimum Gasteiger partial charge on any atom is -0.340 e. The monoisotopic (exact) mass is 298 g/mol. The van der Waals surface area contributed by atoms with Crippen LogP contribution in [0.25, 0.3) is 0 Å². The normalized spacial score (nSPS) is 15.0. The zero-order valence-corrected chi connectivity index (χ0v) is 13.0. The lowest BCUT2D eigenvalue weighted by Crippen LogP contribution is -2.13. The van der Waals surface area contributed by atoms with Crippen LogP contribution in [0.4, 0.5) is 11.4 Å². The number of fused-ring (bicyclic) bond motifs is 4. The first-order chi connectivity index (χ1) is 11.4. The predicted octanol–water partition coefficient (Wildman–Crippen LogP) is 4.27. The van der Waals surface area contributed by atoms with Crippen molar-refractivity contribution in [1.82, 2.24) is 4.98 Å². The molecule has 112 valence electrons. The summed E-state index contributed by atoms with van der Waals surface area (Å²) in [6.45, 7) is 1.05. The fourth-order valence-corrected chi connectivity index (χ4v) is 4.07. The minimum atomic E-state index is 1.05. The van der Waals surface area contributed by atoms with Crippen LogP contribution in [0, 0.1) is 0 Å². The molecule has 0 bridgehead atoms. The first-order valence-corrected chi connectivity index (χ1v) is 8.28. The number of benzene rings is 2. The quantitative estimate of drug-likeness (QED) is 0.521. The number of hydrogen-bond donors (Lipinski definition) is 0. The topological polar surface area (TPSA) is 16.1 Å². The highest BCUT2D eigenvalue weighted by Gasteiger charge is 2.27. The first kappa shape index (κ1) is 12.9. The lowest BCUT2D eigenvalue weighted by atomic mass is 9.83. The largest absolute Gasteiger partial charge is 0.340 e. The van der Waals surface area contributed by atoms with Crippen LogP contribution in [0.2, 0.25) is 0 Å². The highest BCUT2D eigenvalue weighted by molar-refractivity contribution is 5.72. The van der Waals surface area contributed by atoms with E-state index in [1.807, 2.05) is 18.5 Å². The fourth-order valence-electron chi connectivity index (χ4n) is 4.07. The highest BCUT2D eigenvalue weighted by Crippen LogP contribution is 2.40. The summed E-state index contributed by atoms with van der Waals surface area (Å²) in [7, 11) is 0. The maximum absolute atomic E-state index is 4.28. The molecule has 2 heterocycles. The van der Waals surface area contributed by atoms with Gasteiger partial charge in [-0.3, -0.25) is 4.98 Å². The summed E-state index contributed by atoms with van der Waals surface area (Å²) >= 11 is 0. The van der Waals surface area contributed by atoms with E-state index in [4.69, 9.17) is 0 Å². The first-order valence-electron chi connectivity index (χ1n) is 8.28. The Bertz CT molecular complexity index is 884. The summed E-state index contributed by atoms with van der Waals surface area (Å²) < 4.78 is 0. The van der Waals surface area contributed by atoms with Crippen molar-refractivity contribution in [3.63, 3.8) is 0 Å². The zero-order valence-electron chi connectivity index (χ0n) is 13.0. The van der Waals surface area contributed by atoms with Gasteiger partial charge in [0.1, 0.15) is 0 Å². The molecule has 2 aliphatic rings. The van der Waals surface area contributed by atoms with E-state index < -0.39 is 0 Å². The number of hydrogen-bond acceptors (Lipinski definition) is 2. The molecule has 23 heavy (non-hydrogen) atoms. The van der Waals surface area contributed by atoms with Gasteiger partial charge in [-0.15, -0.1) is 0 Å². The summed E-state index contributed by atoms with van der Waals surface area (Å²) in [6, 6.07) is 17.7. The SMILES string of the molecule is c1cncc(N2CCc3c2ccc2c3Cc3ccccc3C2)c1. The summed E-state index contributed by atoms with van der Waals surface area (Å²) in [6.07, 6.45) is 7.09. The van der Waals surface area contributed by atoms with E-state index >= 15 is 0 Å². The van der Waals surface area contributed by atoms with E-state index in [2.05, 4.69) is 52.3 Å². The molecule has 2 nitrogen and oxygen atoms in total. The molecule has 5 rings (SSSR count). The van der Waals surface area contributed by atoms with Crippen molar-refractivity contribution in [3.8, 4) is 0 Å². The average Bonchev–Trinajstić information content (AvgIpc) is 3.05. The maximum Gasteiger partial charge on any atom is 0.0597 e. The van der Waals surface area contributed by atoms with Gasteiger partial charge in [0.05, 0.1) is 11.9 Å². The Morgan fingerprint density at radius 2 is 1.65 bits per heavy atom. The number of anilines is 2. The number of nitrogens with zero attached hydrogens (tertiary/aromatic N) is 2. The van der Waals surface area contributed by atoms with Crippen molar-refractivity contribution in [2.24, 2.45) is 0 Å². The number of pyridine rings is 1. The maximum atomic E-state index is 4.28. The summed E-state index contributed by atoms with van der Waals surface area (Å²) in [5, 5.41) is 0. The second-order valence-corrected chi connectivity index (χ2v) is 6.44. The fraction of sp³-hybridized carbons (Fsp3) is 0.190. The third-order valence-corrected chi connectivity index (χ3v) is 5.20. The standard InChI is InChI=1S/C21H18N2/c1-2-5-16-13-20-17(12-15(16)4-1)7-8-21-19(20)9-11-23(21)18-6-3-10-22-14-18/h1-8,10,14H,9,11-13H2. The minimum absolute atomic E-state index is 1.05. The van der Waals surface area contributed by atoms with Crippen LogP contribution in [0.5, 0.6) is 0 Å². The number of aromatic nitrogens is 1. The van der Waals surface area contributed by atoms with Gasteiger partial charge in [-0.05, 0) is 65.3 Å². The van der Waals surface area contributed by atoms with Gasteiger partial charge in [0.2, 0.25) is 0 Å². The third kappa shape index (κ3) is 1.98. The van der Waals surface area contributed by atoms with Crippen LogP contribution in [-0.2, 0) is 19.3 Å². The summed E-state index contributed by atoms with van der Waals surface area (Å²) in [5.74, 6) is 0. The van der Waals surface area contributed by atoms with E-state index in [9.17, 15) is 0 Å². The van der Waals surface area contributed by atoms with E-state index in [-0.39, 0.29) is 0 Å². The molecular weight excluding hydrogens is 280 g/mol. The third-order valence-electron chi connectivity index (χ3n) is 5.20. The molecule has 3 aromatic rings. The second kappa shape index (κ2) is 4.95. The molecule has 0 N–H and O–H groups in total. The van der Waals surface area contributed by atoms with Gasteiger partial charge < -0.3 is 4.90 Å². The van der Waals surface area contributed by atoms with Crippen molar-refractivity contribution >= 4 is 11.4 Å². The van der Waals surface area contributed by atoms with Crippen molar-refractivity contribution in [2.75, 3.05) is 11.4 Å². The van der Waals surface area contributed by atoms with Crippen LogP contribution >= 0.6 is 0 Å². The van der Waals surface area contributed by atoms with Gasteiger partial charge in [-0.1, -0.05) is 30.3 Å². The Kier molecular flexibility index (Phi) is 2.77. The van der Waals surface area contributed by atoms with E-state index in [0.717, 1.165) is 25.8 Å². The Hall–Kier alpha value is -2.61. The van der Waals surface area contributed by atoms with Crippen LogP contribution in [0.15, 0.2) is 60.9 Å². The molecule has 0 amide bonds. The van der Waals surface area contributed by atoms with Crippen LogP contribution in [0.1, 0.15) is 27.8 Å². The lowest BCUT2D eigenvalue weighted by Gasteiger charge is -2.24. The van der Waals surface area contributed by atoms with Crippen LogP contribution in [-0.4, -0.2) is 11.5 Å². The molecule has 2 aromatic carbocycles. The molecule has 0 atom stereocenters. The predicted molar refractivity (Wildman–Crippen MR) is 93.4 cm³/mol. The van der Waals surface area contributed by atoms with Crippen molar-refractivity contribution < 1.29 is 0 Å². The zero-order chi connectivity index (χ0) is 15.2. The summed E-state index contributed by atoms with van der Waals surface area (Å²) in [4.78, 5) is 6.68. The molecule has 0 unspecified atom stereocenters. The van der Waals surface area contributed by atoms with Crippen molar-refractivity contribution in [2.45, 2.75) is 19.3 Å². The Labute approximate surface area is 136 Å². The molecule has 1 aliphatic carbocycles. The molecule has 0 spiro atoms. The summed E-state index contributed by atoms with van der Waals surface area (Å²) in [5.41, 5.74) is 10.2. The van der Waals surface area contributed by atoms with Gasteiger partial charge in [-0.25, -0.2) is 0 Å². The molecule has 0 fully saturated rings. The van der Waals surface area contributed by atoms with Gasteiger partial charge in [0.15, 0.2) is 0 Å².